The molecule has 178 valence electrons. The van der Waals surface area contributed by atoms with Crippen molar-refractivity contribution in [3.8, 4) is 0 Å². The molecule has 0 bridgehead atoms. The van der Waals surface area contributed by atoms with E-state index in [1.165, 1.54) is 13.8 Å². The number of carbonyl (C=O) groups is 2. The third-order valence-corrected chi connectivity index (χ3v) is 2.07. The molecule has 0 radical (unpaired) electrons. The number of ether oxygens (including phenoxy) is 2. The van der Waals surface area contributed by atoms with Crippen LogP contribution in [0.15, 0.2) is 72.8 Å². The highest BCUT2D eigenvalue weighted by molar-refractivity contribution is 5.96. The Hall–Kier alpha value is -2.30. The van der Waals surface area contributed by atoms with Crippen LogP contribution in [0.5, 0.6) is 0 Å². The maximum absolute atomic E-state index is 10.0. The summed E-state index contributed by atoms with van der Waals surface area (Å²) in [6.45, 7) is 7.20. The summed E-state index contributed by atoms with van der Waals surface area (Å²) in [6, 6.07) is 24.0. The fraction of sp³-hybridized carbons (Fsp3) is 0.462. The zero-order valence-electron chi connectivity index (χ0n) is 17.0. The Morgan fingerprint density at radius 1 is 0.533 bits per heavy atom. The van der Waals surface area contributed by atoms with E-state index < -0.39 is 0 Å². The minimum absolute atomic E-state index is 0. The Morgan fingerprint density at radius 3 is 0.733 bits per heavy atom. The van der Waals surface area contributed by atoms with Crippen LogP contribution in [0.1, 0.15) is 63.8 Å². The molecule has 0 N–H and O–H groups in total. The first-order valence-corrected chi connectivity index (χ1v) is 8.51. The molecule has 2 aromatic rings. The number of hydrogen-bond acceptors (Lipinski definition) is 4. The number of ketones is 2. The monoisotopic (exact) mass is 426 g/mol. The van der Waals surface area contributed by atoms with E-state index in [1.807, 2.05) is 86.6 Å². The Bertz CT molecular complexity index is 386. The maximum Gasteiger partial charge on any atom is 0.145 e. The highest BCUT2D eigenvalue weighted by Crippen LogP contribution is 1.81. The standard InChI is InChI=1S/2C6H6.C5H8O2.C3H8O2.C2H6.4CH4/c2*1-2-4-6-5-3-1;1-4(6)3-5(2)7;1-4-3-5-2;1-2;;;;/h2*1-6H;3H2,1-2H3;3H2,1-2H3;1-2H3;4*1H4. The van der Waals surface area contributed by atoms with Gasteiger partial charge in [0.15, 0.2) is 0 Å². The van der Waals surface area contributed by atoms with Crippen LogP contribution in [0.4, 0.5) is 0 Å². The lowest BCUT2D eigenvalue weighted by Gasteiger charge is -1.87. The van der Waals surface area contributed by atoms with Gasteiger partial charge in [-0.3, -0.25) is 9.59 Å². The molecule has 0 unspecified atom stereocenters. The van der Waals surface area contributed by atoms with E-state index in [1.54, 1.807) is 14.2 Å². The van der Waals surface area contributed by atoms with E-state index in [-0.39, 0.29) is 47.7 Å². The van der Waals surface area contributed by atoms with Gasteiger partial charge in [-0.05, 0) is 13.8 Å². The number of benzene rings is 2. The summed E-state index contributed by atoms with van der Waals surface area (Å²) in [5.74, 6) is -0.125. The van der Waals surface area contributed by atoms with Crippen LogP contribution < -0.4 is 0 Å². The van der Waals surface area contributed by atoms with Gasteiger partial charge in [0, 0.05) is 14.2 Å². The van der Waals surface area contributed by atoms with Gasteiger partial charge in [0.25, 0.3) is 0 Å². The van der Waals surface area contributed by atoms with Crippen molar-refractivity contribution in [2.45, 2.75) is 63.8 Å². The number of rotatable bonds is 4. The van der Waals surface area contributed by atoms with Crippen LogP contribution in [0.25, 0.3) is 0 Å². The molecule has 0 aliphatic rings. The highest BCUT2D eigenvalue weighted by atomic mass is 16.6. The van der Waals surface area contributed by atoms with Gasteiger partial charge in [-0.2, -0.15) is 0 Å². The third kappa shape index (κ3) is 63.6. The minimum Gasteiger partial charge on any atom is -0.359 e. The topological polar surface area (TPSA) is 52.6 Å². The lowest BCUT2D eigenvalue weighted by atomic mass is 10.2. The zero-order valence-corrected chi connectivity index (χ0v) is 17.0. The Morgan fingerprint density at radius 2 is 0.700 bits per heavy atom. The molecule has 0 aromatic heterocycles. The largest absolute Gasteiger partial charge is 0.359 e. The summed E-state index contributed by atoms with van der Waals surface area (Å²) in [5.41, 5.74) is 0. The summed E-state index contributed by atoms with van der Waals surface area (Å²) in [7, 11) is 3.17. The normalized spacial score (nSPS) is 6.73. The number of Topliss-reactive ketones (excluding diaryl/α,β-unsaturated/α-hetero) is 2. The first-order valence-electron chi connectivity index (χ1n) is 8.51. The van der Waals surface area contributed by atoms with Gasteiger partial charge in [-0.15, -0.1) is 0 Å². The highest BCUT2D eigenvalue weighted by Gasteiger charge is 1.94. The van der Waals surface area contributed by atoms with Crippen LogP contribution in [-0.2, 0) is 19.1 Å². The number of methoxy groups -OCH3 is 2. The second kappa shape index (κ2) is 45.4. The van der Waals surface area contributed by atoms with E-state index in [0.29, 0.717) is 6.79 Å². The molecule has 2 rings (SSSR count). The SMILES string of the molecule is C.C.C.C.CC.CC(=O)CC(C)=O.COCOC.c1ccccc1.c1ccccc1. The van der Waals surface area contributed by atoms with E-state index >= 15 is 0 Å². The molecule has 2 aromatic carbocycles. The van der Waals surface area contributed by atoms with Crippen molar-refractivity contribution in [1.29, 1.82) is 0 Å². The van der Waals surface area contributed by atoms with Crippen molar-refractivity contribution in [2.24, 2.45) is 0 Å². The van der Waals surface area contributed by atoms with Crippen molar-refractivity contribution in [2.75, 3.05) is 21.0 Å². The summed E-state index contributed by atoms with van der Waals surface area (Å²) in [5, 5.41) is 0. The molecule has 0 fully saturated rings. The fourth-order valence-corrected chi connectivity index (χ4v) is 1.24. The van der Waals surface area contributed by atoms with Crippen molar-refractivity contribution < 1.29 is 19.1 Å². The Labute approximate surface area is 188 Å². The quantitative estimate of drug-likeness (QED) is 0.370. The van der Waals surface area contributed by atoms with Gasteiger partial charge in [-0.25, -0.2) is 0 Å². The molecule has 0 spiro atoms. The molecule has 0 atom stereocenters. The molecule has 30 heavy (non-hydrogen) atoms. The van der Waals surface area contributed by atoms with Crippen LogP contribution in [0.3, 0.4) is 0 Å². The minimum atomic E-state index is -0.0625. The van der Waals surface area contributed by atoms with Crippen molar-refractivity contribution in [3.05, 3.63) is 72.8 Å². The predicted octanol–water partition coefficient (Wildman–Crippen LogP) is 7.74. The van der Waals surface area contributed by atoms with E-state index in [0.717, 1.165) is 0 Å². The van der Waals surface area contributed by atoms with Gasteiger partial charge >= 0.3 is 0 Å². The number of carbonyl (C=O) groups excluding carboxylic acids is 2. The summed E-state index contributed by atoms with van der Waals surface area (Å²) in [6.07, 6.45) is 0.0833. The molecular formula is C26H50O4. The van der Waals surface area contributed by atoms with Crippen LogP contribution in [-0.4, -0.2) is 32.6 Å². The van der Waals surface area contributed by atoms with Crippen LogP contribution >= 0.6 is 0 Å². The number of hydrogen-bond donors (Lipinski definition) is 0. The van der Waals surface area contributed by atoms with Gasteiger partial charge in [0.05, 0.1) is 6.42 Å². The van der Waals surface area contributed by atoms with Gasteiger partial charge < -0.3 is 9.47 Å². The fourth-order valence-electron chi connectivity index (χ4n) is 1.24. The first-order chi connectivity index (χ1) is 12.5. The van der Waals surface area contributed by atoms with Crippen molar-refractivity contribution in [1.82, 2.24) is 0 Å². The predicted molar refractivity (Wildman–Crippen MR) is 136 cm³/mol. The molecule has 0 aliphatic carbocycles. The van der Waals surface area contributed by atoms with E-state index in [4.69, 9.17) is 0 Å². The Kier molecular flexibility index (Phi) is 69.8. The van der Waals surface area contributed by atoms with E-state index in [9.17, 15) is 9.59 Å². The molecule has 4 heteroatoms. The maximum atomic E-state index is 10.0. The summed E-state index contributed by atoms with van der Waals surface area (Å²) in [4.78, 5) is 20.1. The third-order valence-electron chi connectivity index (χ3n) is 2.07. The molecule has 4 nitrogen and oxygen atoms in total. The molecule has 0 saturated heterocycles. The summed E-state index contributed by atoms with van der Waals surface area (Å²) >= 11 is 0. The smallest absolute Gasteiger partial charge is 0.145 e. The molecule has 0 amide bonds. The second-order valence-corrected chi connectivity index (χ2v) is 4.59. The van der Waals surface area contributed by atoms with Gasteiger partial charge in [-0.1, -0.05) is 116 Å². The van der Waals surface area contributed by atoms with Crippen LogP contribution in [0.2, 0.25) is 0 Å². The average molecular weight is 427 g/mol. The molecule has 0 saturated carbocycles. The lowest BCUT2D eigenvalue weighted by Crippen LogP contribution is -1.97. The lowest BCUT2D eigenvalue weighted by molar-refractivity contribution is -0.124. The summed E-state index contributed by atoms with van der Waals surface area (Å²) < 4.78 is 8.94. The second-order valence-electron chi connectivity index (χ2n) is 4.59. The molecular weight excluding hydrogens is 376 g/mol. The zero-order chi connectivity index (χ0) is 20.5. The average Bonchev–Trinajstić information content (AvgIpc) is 2.67. The van der Waals surface area contributed by atoms with Gasteiger partial charge in [0.1, 0.15) is 18.4 Å². The van der Waals surface area contributed by atoms with Gasteiger partial charge in [0.2, 0.25) is 0 Å². The first kappa shape index (κ1) is 46.1. The molecule has 0 aliphatic heterocycles. The van der Waals surface area contributed by atoms with Crippen molar-refractivity contribution >= 4 is 11.6 Å². The van der Waals surface area contributed by atoms with Crippen LogP contribution in [0, 0.1) is 0 Å². The van der Waals surface area contributed by atoms with Crippen molar-refractivity contribution in [3.63, 3.8) is 0 Å². The molecule has 0 heterocycles. The van der Waals surface area contributed by atoms with E-state index in [2.05, 4.69) is 9.47 Å². The Balaban J connectivity index is -0.0000000440.